The van der Waals surface area contributed by atoms with Crippen LogP contribution in [0.15, 0.2) is 36.4 Å². The number of ether oxygens (including phenoxy) is 5. The number of benzene rings is 2. The van der Waals surface area contributed by atoms with Crippen molar-refractivity contribution in [3.63, 3.8) is 0 Å². The third kappa shape index (κ3) is 2.51. The number of aromatic hydroxyl groups is 2. The molecule has 5 rings (SSSR count). The molecule has 2 aromatic carbocycles. The van der Waals surface area contributed by atoms with Crippen molar-refractivity contribution in [1.29, 1.82) is 0 Å². The van der Waals surface area contributed by atoms with E-state index < -0.39 is 6.29 Å². The van der Waals surface area contributed by atoms with Gasteiger partial charge in [0.05, 0.1) is 25.2 Å². The molecule has 3 aliphatic heterocycles. The number of rotatable bonds is 3. The highest BCUT2D eigenvalue weighted by atomic mass is 16.7. The predicted octanol–water partition coefficient (Wildman–Crippen LogP) is 2.57. The minimum absolute atomic E-state index is 0.0846. The van der Waals surface area contributed by atoms with Gasteiger partial charge in [-0.3, -0.25) is 0 Å². The molecule has 2 fully saturated rings. The quantitative estimate of drug-likeness (QED) is 0.816. The first-order valence-corrected chi connectivity index (χ1v) is 8.50. The molecule has 0 amide bonds. The number of hydrogen-bond acceptors (Lipinski definition) is 7. The van der Waals surface area contributed by atoms with E-state index in [1.54, 1.807) is 6.07 Å². The number of fused-ring (bicyclic) bond motifs is 2. The molecule has 4 atom stereocenters. The Morgan fingerprint density at radius 2 is 1.69 bits per heavy atom. The Morgan fingerprint density at radius 3 is 2.58 bits per heavy atom. The van der Waals surface area contributed by atoms with E-state index in [9.17, 15) is 10.2 Å². The first-order chi connectivity index (χ1) is 12.7. The van der Waals surface area contributed by atoms with Crippen LogP contribution in [0.5, 0.6) is 28.7 Å². The second-order valence-electron chi connectivity index (χ2n) is 6.66. The fourth-order valence-electron chi connectivity index (χ4n) is 3.77. The maximum Gasteiger partial charge on any atom is 0.231 e. The Balaban J connectivity index is 1.32. The minimum Gasteiger partial charge on any atom is -0.504 e. The molecule has 2 N–H and O–H groups in total. The highest BCUT2D eigenvalue weighted by Crippen LogP contribution is 2.47. The summed E-state index contributed by atoms with van der Waals surface area (Å²) in [6.07, 6.45) is -0.542. The highest BCUT2D eigenvalue weighted by molar-refractivity contribution is 5.45. The van der Waals surface area contributed by atoms with E-state index in [0.29, 0.717) is 19.0 Å². The van der Waals surface area contributed by atoms with Crippen molar-refractivity contribution in [2.75, 3.05) is 20.0 Å². The molecule has 0 aromatic heterocycles. The van der Waals surface area contributed by atoms with E-state index in [2.05, 4.69) is 0 Å². The van der Waals surface area contributed by atoms with E-state index in [4.69, 9.17) is 23.7 Å². The van der Waals surface area contributed by atoms with Gasteiger partial charge in [0.2, 0.25) is 13.1 Å². The van der Waals surface area contributed by atoms with Crippen molar-refractivity contribution in [3.8, 4) is 28.7 Å². The zero-order chi connectivity index (χ0) is 17.7. The van der Waals surface area contributed by atoms with Crippen LogP contribution in [0.1, 0.15) is 11.7 Å². The summed E-state index contributed by atoms with van der Waals surface area (Å²) in [6, 6.07) is 10.2. The Hall–Kier alpha value is -2.64. The van der Waals surface area contributed by atoms with Crippen LogP contribution in [0.2, 0.25) is 0 Å². The molecule has 26 heavy (non-hydrogen) atoms. The third-order valence-corrected chi connectivity index (χ3v) is 5.13. The van der Waals surface area contributed by atoms with E-state index in [1.807, 2.05) is 18.2 Å². The summed E-state index contributed by atoms with van der Waals surface area (Å²) in [6.45, 7) is 1.30. The van der Waals surface area contributed by atoms with Crippen molar-refractivity contribution in [2.24, 2.45) is 11.8 Å². The molecular formula is C19H18O7. The zero-order valence-electron chi connectivity index (χ0n) is 13.8. The van der Waals surface area contributed by atoms with E-state index in [0.717, 1.165) is 17.1 Å². The Kier molecular flexibility index (Phi) is 3.58. The summed E-state index contributed by atoms with van der Waals surface area (Å²) in [5, 5.41) is 19.0. The zero-order valence-corrected chi connectivity index (χ0v) is 13.8. The molecule has 3 aliphatic rings. The smallest absolute Gasteiger partial charge is 0.231 e. The molecule has 0 aliphatic carbocycles. The third-order valence-electron chi connectivity index (χ3n) is 5.13. The Labute approximate surface area is 149 Å². The number of phenols is 2. The SMILES string of the molecule is Oc1ccc(OC2OC[C@H]3C(c4ccc5c(c4)OCO5)OC[C@@H]23)cc1O. The van der Waals surface area contributed by atoms with Crippen LogP contribution in [-0.4, -0.2) is 36.5 Å². The Morgan fingerprint density at radius 1 is 0.846 bits per heavy atom. The van der Waals surface area contributed by atoms with Gasteiger partial charge in [-0.25, -0.2) is 0 Å². The predicted molar refractivity (Wildman–Crippen MR) is 88.4 cm³/mol. The van der Waals surface area contributed by atoms with E-state index >= 15 is 0 Å². The van der Waals surface area contributed by atoms with Crippen molar-refractivity contribution in [1.82, 2.24) is 0 Å². The van der Waals surface area contributed by atoms with Gasteiger partial charge in [0.1, 0.15) is 5.75 Å². The van der Waals surface area contributed by atoms with Gasteiger partial charge in [0, 0.05) is 12.0 Å². The maximum absolute atomic E-state index is 9.61. The average molecular weight is 358 g/mol. The van der Waals surface area contributed by atoms with Gasteiger partial charge in [-0.05, 0) is 29.8 Å². The van der Waals surface area contributed by atoms with Crippen LogP contribution in [0.25, 0.3) is 0 Å². The first-order valence-electron chi connectivity index (χ1n) is 8.50. The summed E-state index contributed by atoms with van der Waals surface area (Å²) < 4.78 is 28.5. The van der Waals surface area contributed by atoms with Crippen LogP contribution < -0.4 is 14.2 Å². The molecule has 0 bridgehead atoms. The largest absolute Gasteiger partial charge is 0.504 e. The van der Waals surface area contributed by atoms with Gasteiger partial charge in [-0.1, -0.05) is 6.07 Å². The normalized spacial score (nSPS) is 28.9. The van der Waals surface area contributed by atoms with Gasteiger partial charge in [-0.15, -0.1) is 0 Å². The average Bonchev–Trinajstić information content (AvgIpc) is 3.34. The molecule has 0 radical (unpaired) electrons. The van der Waals surface area contributed by atoms with Gasteiger partial charge in [0.25, 0.3) is 0 Å². The molecular weight excluding hydrogens is 340 g/mol. The maximum atomic E-state index is 9.61. The summed E-state index contributed by atoms with van der Waals surface area (Å²) >= 11 is 0. The summed E-state index contributed by atoms with van der Waals surface area (Å²) in [5.74, 6) is 1.78. The monoisotopic (exact) mass is 358 g/mol. The second kappa shape index (κ2) is 5.96. The lowest BCUT2D eigenvalue weighted by molar-refractivity contribution is -0.0788. The van der Waals surface area contributed by atoms with Crippen molar-refractivity contribution < 1.29 is 33.9 Å². The Bertz CT molecular complexity index is 837. The first kappa shape index (κ1) is 15.6. The lowest BCUT2D eigenvalue weighted by Gasteiger charge is -2.18. The number of hydrogen-bond donors (Lipinski definition) is 2. The van der Waals surface area contributed by atoms with Gasteiger partial charge >= 0.3 is 0 Å². The molecule has 0 spiro atoms. The number of phenolic OH excluding ortho intramolecular Hbond substituents is 2. The molecule has 0 saturated carbocycles. The van der Waals surface area contributed by atoms with Gasteiger partial charge < -0.3 is 33.9 Å². The second-order valence-corrected chi connectivity index (χ2v) is 6.66. The summed E-state index contributed by atoms with van der Waals surface area (Å²) in [7, 11) is 0. The van der Waals surface area contributed by atoms with Crippen LogP contribution in [0.4, 0.5) is 0 Å². The lowest BCUT2D eigenvalue weighted by Crippen LogP contribution is -2.26. The molecule has 2 aromatic rings. The van der Waals surface area contributed by atoms with Crippen LogP contribution in [0, 0.1) is 11.8 Å². The topological polar surface area (TPSA) is 86.6 Å². The van der Waals surface area contributed by atoms with Crippen LogP contribution in [-0.2, 0) is 9.47 Å². The fourth-order valence-corrected chi connectivity index (χ4v) is 3.77. The summed E-state index contributed by atoms with van der Waals surface area (Å²) in [4.78, 5) is 0. The van der Waals surface area contributed by atoms with Gasteiger partial charge in [0.15, 0.2) is 23.0 Å². The molecule has 136 valence electrons. The molecule has 7 nitrogen and oxygen atoms in total. The molecule has 2 saturated heterocycles. The van der Waals surface area contributed by atoms with Crippen molar-refractivity contribution in [2.45, 2.75) is 12.4 Å². The van der Waals surface area contributed by atoms with Gasteiger partial charge in [-0.2, -0.15) is 0 Å². The van der Waals surface area contributed by atoms with Crippen LogP contribution in [0.3, 0.4) is 0 Å². The van der Waals surface area contributed by atoms with Crippen LogP contribution >= 0.6 is 0 Å². The lowest BCUT2D eigenvalue weighted by atomic mass is 9.89. The molecule has 3 heterocycles. The highest BCUT2D eigenvalue weighted by Gasteiger charge is 2.49. The molecule has 2 unspecified atom stereocenters. The van der Waals surface area contributed by atoms with E-state index in [1.165, 1.54) is 12.1 Å². The standard InChI is InChI=1S/C19H18O7/c20-14-3-2-11(6-15(14)21)26-19-13-8-22-18(12(13)7-23-19)10-1-4-16-17(5-10)25-9-24-16/h1-6,12-13,18-21H,7-9H2/t12-,13-,18?,19?/m1/s1. The van der Waals surface area contributed by atoms with E-state index in [-0.39, 0.29) is 36.2 Å². The molecule has 7 heteroatoms. The summed E-state index contributed by atoms with van der Waals surface area (Å²) in [5.41, 5.74) is 1.04. The van der Waals surface area contributed by atoms with Crippen molar-refractivity contribution >= 4 is 0 Å². The van der Waals surface area contributed by atoms with Crippen molar-refractivity contribution in [3.05, 3.63) is 42.0 Å². The minimum atomic E-state index is -0.456. The fraction of sp³-hybridized carbons (Fsp3) is 0.368.